The van der Waals surface area contributed by atoms with Crippen LogP contribution >= 0.6 is 11.6 Å². The molecule has 1 fully saturated rings. The molecule has 1 aliphatic heterocycles. The summed E-state index contributed by atoms with van der Waals surface area (Å²) in [5.41, 5.74) is 6.85. The topological polar surface area (TPSA) is 49.6 Å². The number of carbonyl (C=O) groups is 1. The molecule has 1 aromatic carbocycles. The van der Waals surface area contributed by atoms with Crippen molar-refractivity contribution in [3.05, 3.63) is 28.8 Å². The molecule has 0 unspecified atom stereocenters. The Morgan fingerprint density at radius 3 is 2.35 bits per heavy atom. The first kappa shape index (κ1) is 15.1. The summed E-state index contributed by atoms with van der Waals surface area (Å²) in [7, 11) is 0. The predicted octanol–water partition coefficient (Wildman–Crippen LogP) is 2.48. The van der Waals surface area contributed by atoms with Gasteiger partial charge in [0.25, 0.3) is 5.91 Å². The average Bonchev–Trinajstić information content (AvgIpc) is 2.40. The molecule has 1 aliphatic rings. The van der Waals surface area contributed by atoms with Gasteiger partial charge in [-0.3, -0.25) is 9.69 Å². The van der Waals surface area contributed by atoms with Crippen LogP contribution in [0.4, 0.5) is 5.69 Å². The van der Waals surface area contributed by atoms with Gasteiger partial charge in [0.05, 0.1) is 16.3 Å². The second-order valence-electron chi connectivity index (χ2n) is 6.16. The summed E-state index contributed by atoms with van der Waals surface area (Å²) in [6.07, 6.45) is 0. The summed E-state index contributed by atoms with van der Waals surface area (Å²) in [4.78, 5) is 16.7. The van der Waals surface area contributed by atoms with Gasteiger partial charge in [-0.25, -0.2) is 0 Å². The van der Waals surface area contributed by atoms with E-state index in [2.05, 4.69) is 25.7 Å². The van der Waals surface area contributed by atoms with Crippen LogP contribution in [0, 0.1) is 0 Å². The van der Waals surface area contributed by atoms with E-state index >= 15 is 0 Å². The van der Waals surface area contributed by atoms with Crippen molar-refractivity contribution in [3.8, 4) is 0 Å². The monoisotopic (exact) mass is 295 g/mol. The van der Waals surface area contributed by atoms with E-state index in [1.165, 1.54) is 0 Å². The molecule has 0 spiro atoms. The van der Waals surface area contributed by atoms with Crippen LogP contribution in [-0.2, 0) is 0 Å². The van der Waals surface area contributed by atoms with Gasteiger partial charge in [0.1, 0.15) is 0 Å². The number of nitrogen functional groups attached to an aromatic ring is 1. The van der Waals surface area contributed by atoms with Crippen molar-refractivity contribution in [2.75, 3.05) is 31.9 Å². The molecule has 4 nitrogen and oxygen atoms in total. The van der Waals surface area contributed by atoms with Gasteiger partial charge >= 0.3 is 0 Å². The maximum absolute atomic E-state index is 12.5. The van der Waals surface area contributed by atoms with Gasteiger partial charge < -0.3 is 10.6 Å². The number of carbonyl (C=O) groups excluding carboxylic acids is 1. The van der Waals surface area contributed by atoms with Gasteiger partial charge in [0, 0.05) is 31.7 Å². The number of benzene rings is 1. The number of rotatable bonds is 1. The Bertz CT molecular complexity index is 502. The standard InChI is InChI=1S/C15H22ClN3O/c1-15(2,3)19-9-7-18(8-10-19)14(20)11-5-4-6-12(17)13(11)16/h4-6H,7-10,17H2,1-3H3. The zero-order valence-corrected chi connectivity index (χ0v) is 13.1. The minimum absolute atomic E-state index is 0.0316. The van der Waals surface area contributed by atoms with E-state index < -0.39 is 0 Å². The number of hydrogen-bond donors (Lipinski definition) is 1. The lowest BCUT2D eigenvalue weighted by molar-refractivity contribution is 0.0451. The summed E-state index contributed by atoms with van der Waals surface area (Å²) >= 11 is 6.13. The molecule has 1 amide bonds. The normalized spacial score (nSPS) is 17.3. The van der Waals surface area contributed by atoms with Crippen molar-refractivity contribution in [1.29, 1.82) is 0 Å². The quantitative estimate of drug-likeness (QED) is 0.810. The molecule has 0 aliphatic carbocycles. The molecular formula is C15H22ClN3O. The fourth-order valence-electron chi connectivity index (χ4n) is 2.47. The first-order valence-electron chi connectivity index (χ1n) is 6.89. The lowest BCUT2D eigenvalue weighted by Gasteiger charge is -2.42. The third-order valence-corrected chi connectivity index (χ3v) is 4.20. The Kier molecular flexibility index (Phi) is 4.25. The smallest absolute Gasteiger partial charge is 0.255 e. The molecule has 2 rings (SSSR count). The van der Waals surface area contributed by atoms with E-state index in [0.29, 0.717) is 16.3 Å². The maximum atomic E-state index is 12.5. The van der Waals surface area contributed by atoms with Crippen LogP contribution in [0.15, 0.2) is 18.2 Å². The number of amides is 1. The summed E-state index contributed by atoms with van der Waals surface area (Å²) in [5, 5.41) is 0.357. The Morgan fingerprint density at radius 2 is 1.80 bits per heavy atom. The molecule has 1 saturated heterocycles. The first-order valence-corrected chi connectivity index (χ1v) is 7.27. The highest BCUT2D eigenvalue weighted by molar-refractivity contribution is 6.36. The van der Waals surface area contributed by atoms with Gasteiger partial charge in [-0.1, -0.05) is 17.7 Å². The summed E-state index contributed by atoms with van der Waals surface area (Å²) in [6, 6.07) is 5.20. The number of piperazine rings is 1. The Balaban J connectivity index is 2.07. The van der Waals surface area contributed by atoms with Crippen LogP contribution in [0.5, 0.6) is 0 Å². The SMILES string of the molecule is CC(C)(C)N1CCN(C(=O)c2cccc(N)c2Cl)CC1. The second kappa shape index (κ2) is 5.62. The van der Waals surface area contributed by atoms with Crippen molar-refractivity contribution in [2.45, 2.75) is 26.3 Å². The lowest BCUT2D eigenvalue weighted by Crippen LogP contribution is -2.54. The summed E-state index contributed by atoms with van der Waals surface area (Å²) in [5.74, 6) is -0.0316. The highest BCUT2D eigenvalue weighted by Crippen LogP contribution is 2.25. The molecule has 110 valence electrons. The van der Waals surface area contributed by atoms with Crippen LogP contribution in [0.1, 0.15) is 31.1 Å². The van der Waals surface area contributed by atoms with E-state index in [-0.39, 0.29) is 11.4 Å². The molecule has 5 heteroatoms. The molecule has 0 saturated carbocycles. The van der Waals surface area contributed by atoms with Crippen molar-refractivity contribution in [1.82, 2.24) is 9.80 Å². The molecule has 1 aromatic rings. The van der Waals surface area contributed by atoms with E-state index in [1.54, 1.807) is 18.2 Å². The van der Waals surface area contributed by atoms with E-state index in [9.17, 15) is 4.79 Å². The van der Waals surface area contributed by atoms with Gasteiger partial charge in [-0.2, -0.15) is 0 Å². The first-order chi connectivity index (χ1) is 9.30. The molecule has 20 heavy (non-hydrogen) atoms. The summed E-state index contributed by atoms with van der Waals surface area (Å²) in [6.45, 7) is 9.80. The second-order valence-corrected chi connectivity index (χ2v) is 6.54. The Hall–Kier alpha value is -1.26. The maximum Gasteiger partial charge on any atom is 0.255 e. The number of anilines is 1. The van der Waals surface area contributed by atoms with E-state index in [0.717, 1.165) is 26.2 Å². The van der Waals surface area contributed by atoms with Gasteiger partial charge in [0.2, 0.25) is 0 Å². The molecule has 0 aromatic heterocycles. The predicted molar refractivity (Wildman–Crippen MR) is 83.1 cm³/mol. The fourth-order valence-corrected chi connectivity index (χ4v) is 2.67. The molecule has 0 atom stereocenters. The highest BCUT2D eigenvalue weighted by Gasteiger charge is 2.28. The Morgan fingerprint density at radius 1 is 1.20 bits per heavy atom. The molecule has 1 heterocycles. The third-order valence-electron chi connectivity index (χ3n) is 3.77. The van der Waals surface area contributed by atoms with Crippen LogP contribution in [0.25, 0.3) is 0 Å². The van der Waals surface area contributed by atoms with E-state index in [4.69, 9.17) is 17.3 Å². The van der Waals surface area contributed by atoms with Crippen molar-refractivity contribution in [2.24, 2.45) is 0 Å². The lowest BCUT2D eigenvalue weighted by atomic mass is 10.0. The fraction of sp³-hybridized carbons (Fsp3) is 0.533. The molecule has 0 radical (unpaired) electrons. The third kappa shape index (κ3) is 3.07. The van der Waals surface area contributed by atoms with E-state index in [1.807, 2.05) is 4.90 Å². The zero-order valence-electron chi connectivity index (χ0n) is 12.3. The van der Waals surface area contributed by atoms with Crippen LogP contribution in [0.2, 0.25) is 5.02 Å². The number of nitrogens with zero attached hydrogens (tertiary/aromatic N) is 2. The van der Waals surface area contributed by atoms with Crippen LogP contribution in [-0.4, -0.2) is 47.4 Å². The largest absolute Gasteiger partial charge is 0.398 e. The average molecular weight is 296 g/mol. The minimum atomic E-state index is -0.0316. The number of halogens is 1. The highest BCUT2D eigenvalue weighted by atomic mass is 35.5. The van der Waals surface area contributed by atoms with Gasteiger partial charge in [-0.15, -0.1) is 0 Å². The molecule has 0 bridgehead atoms. The molecule has 2 N–H and O–H groups in total. The van der Waals surface area contributed by atoms with Crippen molar-refractivity contribution in [3.63, 3.8) is 0 Å². The minimum Gasteiger partial charge on any atom is -0.398 e. The van der Waals surface area contributed by atoms with Gasteiger partial charge in [0.15, 0.2) is 0 Å². The Labute approximate surface area is 125 Å². The van der Waals surface area contributed by atoms with Crippen LogP contribution in [0.3, 0.4) is 0 Å². The molecular weight excluding hydrogens is 274 g/mol. The van der Waals surface area contributed by atoms with Crippen LogP contribution < -0.4 is 5.73 Å². The summed E-state index contributed by atoms with van der Waals surface area (Å²) < 4.78 is 0. The van der Waals surface area contributed by atoms with Crippen molar-refractivity contribution < 1.29 is 4.79 Å². The van der Waals surface area contributed by atoms with Crippen molar-refractivity contribution >= 4 is 23.2 Å². The zero-order chi connectivity index (χ0) is 14.9. The number of nitrogens with two attached hydrogens (primary N) is 1. The number of hydrogen-bond acceptors (Lipinski definition) is 3. The van der Waals surface area contributed by atoms with Gasteiger partial charge in [-0.05, 0) is 32.9 Å².